The van der Waals surface area contributed by atoms with Crippen LogP contribution in [0.1, 0.15) is 86.9 Å². The summed E-state index contributed by atoms with van der Waals surface area (Å²) in [6, 6.07) is 4.98. The lowest BCUT2D eigenvalue weighted by atomic mass is 9.91. The van der Waals surface area contributed by atoms with Gasteiger partial charge in [-0.1, -0.05) is 31.1 Å². The van der Waals surface area contributed by atoms with E-state index in [1.54, 1.807) is 18.2 Å². The quantitative estimate of drug-likeness (QED) is 0.0955. The number of benzene rings is 3. The molecule has 3 aromatic rings. The van der Waals surface area contributed by atoms with Crippen LogP contribution in [-0.4, -0.2) is 29.7 Å². The van der Waals surface area contributed by atoms with Crippen molar-refractivity contribution in [2.45, 2.75) is 90.2 Å². The van der Waals surface area contributed by atoms with Gasteiger partial charge >= 0.3 is 24.6 Å². The van der Waals surface area contributed by atoms with Crippen LogP contribution in [0.2, 0.25) is 0 Å². The minimum Gasteiger partial charge on any atom is -0.496 e. The van der Waals surface area contributed by atoms with Crippen molar-refractivity contribution in [1.29, 1.82) is 0 Å². The predicted molar refractivity (Wildman–Crippen MR) is 167 cm³/mol. The van der Waals surface area contributed by atoms with Crippen LogP contribution in [0, 0.1) is 0 Å². The van der Waals surface area contributed by atoms with Gasteiger partial charge in [0.1, 0.15) is 11.4 Å². The van der Waals surface area contributed by atoms with Gasteiger partial charge in [0.15, 0.2) is 0 Å². The highest BCUT2D eigenvalue weighted by molar-refractivity contribution is 5.76. The summed E-state index contributed by atoms with van der Waals surface area (Å²) in [5.41, 5.74) is 4.11. The second kappa shape index (κ2) is 14.7. The molecule has 2 atom stereocenters. The van der Waals surface area contributed by atoms with Crippen molar-refractivity contribution in [1.82, 2.24) is 4.90 Å². The van der Waals surface area contributed by atoms with E-state index in [0.29, 0.717) is 17.7 Å². The van der Waals surface area contributed by atoms with E-state index < -0.39 is 71.1 Å². The largest absolute Gasteiger partial charge is 0.496 e. The van der Waals surface area contributed by atoms with Crippen LogP contribution in [-0.2, 0) is 29.8 Å². The molecule has 0 bridgehead atoms. The molecule has 272 valence electrons. The molecule has 0 aliphatic heterocycles. The van der Waals surface area contributed by atoms with Crippen LogP contribution in [0.5, 0.6) is 5.75 Å². The maximum absolute atomic E-state index is 14.0. The third-order valence-electron chi connectivity index (χ3n) is 7.66. The second-order valence-corrected chi connectivity index (χ2v) is 12.8. The lowest BCUT2D eigenvalue weighted by Gasteiger charge is -2.35. The van der Waals surface area contributed by atoms with E-state index in [1.807, 2.05) is 13.8 Å². The Bertz CT molecular complexity index is 1710. The first-order valence-electron chi connectivity index (χ1n) is 15.1. The Morgan fingerprint density at radius 1 is 0.780 bits per heavy atom. The summed E-state index contributed by atoms with van der Waals surface area (Å²) in [5.74, 6) is 0.248. The Kier molecular flexibility index (Phi) is 11.7. The minimum absolute atomic E-state index is 0.0190. The van der Waals surface area contributed by atoms with Crippen molar-refractivity contribution in [2.24, 2.45) is 5.11 Å². The molecule has 0 radical (unpaired) electrons. The molecule has 3 rings (SSSR count). The van der Waals surface area contributed by atoms with E-state index in [2.05, 4.69) is 10.0 Å². The fraction of sp³-hybridized carbons (Fsp3) is 0.441. The number of carbonyl (C=O) groups is 1. The minimum atomic E-state index is -5.25. The first-order valence-corrected chi connectivity index (χ1v) is 15.1. The Labute approximate surface area is 282 Å². The first kappa shape index (κ1) is 39.8. The number of amides is 1. The molecule has 7 nitrogen and oxygen atoms in total. The monoisotopic (exact) mass is 718 g/mol. The van der Waals surface area contributed by atoms with Gasteiger partial charge in [-0.2, -0.15) is 39.5 Å². The maximum atomic E-state index is 14.0. The Morgan fingerprint density at radius 3 is 1.80 bits per heavy atom. The highest BCUT2D eigenvalue weighted by Gasteiger charge is 2.40. The Balaban J connectivity index is 2.35. The Hall–Kier alpha value is -4.59. The fourth-order valence-corrected chi connectivity index (χ4v) is 5.16. The van der Waals surface area contributed by atoms with Crippen LogP contribution in [0.3, 0.4) is 0 Å². The summed E-state index contributed by atoms with van der Waals surface area (Å²) >= 11 is 0. The molecule has 0 heterocycles. The standard InChI is InChI=1S/C34H35F9N4O3/c1-18(2)20-8-11-28(49-7)27(15-20)26-10-9-23(32(35,36)37)14-22(26)17-47(30(48)50-31(4,5)6)19(3)29(45-46-44)21-12-24(33(38,39)40)16-25(13-21)34(41,42)43/h8-16,18-19,29H,17H2,1-7H3. The summed E-state index contributed by atoms with van der Waals surface area (Å²) in [5, 5.41) is 3.47. The summed E-state index contributed by atoms with van der Waals surface area (Å²) < 4.78 is 136. The number of methoxy groups -OCH3 is 1. The van der Waals surface area contributed by atoms with E-state index in [9.17, 15) is 49.8 Å². The van der Waals surface area contributed by atoms with Crippen LogP contribution >= 0.6 is 0 Å². The number of hydrogen-bond donors (Lipinski definition) is 0. The van der Waals surface area contributed by atoms with Gasteiger partial charge in [0, 0.05) is 23.1 Å². The third-order valence-corrected chi connectivity index (χ3v) is 7.66. The van der Waals surface area contributed by atoms with Crippen LogP contribution in [0.4, 0.5) is 44.3 Å². The molecule has 0 N–H and O–H groups in total. The number of hydrogen-bond acceptors (Lipinski definition) is 4. The molecular weight excluding hydrogens is 683 g/mol. The van der Waals surface area contributed by atoms with Crippen LogP contribution in [0.15, 0.2) is 59.7 Å². The molecule has 0 saturated heterocycles. The number of nitrogens with zero attached hydrogens (tertiary/aromatic N) is 4. The molecule has 0 aromatic heterocycles. The van der Waals surface area contributed by atoms with Gasteiger partial charge in [0.2, 0.25) is 0 Å². The molecule has 50 heavy (non-hydrogen) atoms. The molecule has 0 spiro atoms. The average Bonchev–Trinajstić information content (AvgIpc) is 2.99. The van der Waals surface area contributed by atoms with Crippen LogP contribution in [0.25, 0.3) is 21.6 Å². The van der Waals surface area contributed by atoms with Crippen molar-refractivity contribution < 1.29 is 53.8 Å². The van der Waals surface area contributed by atoms with Gasteiger partial charge in [-0.15, -0.1) is 0 Å². The maximum Gasteiger partial charge on any atom is 0.416 e. The topological polar surface area (TPSA) is 87.5 Å². The smallest absolute Gasteiger partial charge is 0.416 e. The zero-order chi connectivity index (χ0) is 38.0. The van der Waals surface area contributed by atoms with Gasteiger partial charge in [-0.25, -0.2) is 4.79 Å². The van der Waals surface area contributed by atoms with Gasteiger partial charge in [-0.05, 0) is 104 Å². The van der Waals surface area contributed by atoms with Crippen molar-refractivity contribution in [3.05, 3.63) is 98.4 Å². The molecule has 0 aliphatic rings. The normalized spacial score (nSPS) is 13.8. The van der Waals surface area contributed by atoms with E-state index >= 15 is 0 Å². The number of azide groups is 1. The number of alkyl halides is 9. The van der Waals surface area contributed by atoms with Gasteiger partial charge in [-0.3, -0.25) is 0 Å². The zero-order valence-corrected chi connectivity index (χ0v) is 28.1. The molecular formula is C34H35F9N4O3. The predicted octanol–water partition coefficient (Wildman–Crippen LogP) is 11.7. The molecule has 0 aliphatic carbocycles. The van der Waals surface area contributed by atoms with Gasteiger partial charge < -0.3 is 14.4 Å². The molecule has 1 amide bonds. The number of halogens is 9. The Morgan fingerprint density at radius 2 is 1.34 bits per heavy atom. The van der Waals surface area contributed by atoms with Crippen molar-refractivity contribution in [3.8, 4) is 16.9 Å². The number of rotatable bonds is 9. The molecule has 2 unspecified atom stereocenters. The first-order chi connectivity index (χ1) is 22.9. The lowest BCUT2D eigenvalue weighted by Crippen LogP contribution is -2.44. The van der Waals surface area contributed by atoms with Gasteiger partial charge in [0.25, 0.3) is 0 Å². The number of ether oxygens (including phenoxy) is 2. The molecule has 3 aromatic carbocycles. The van der Waals surface area contributed by atoms with Crippen molar-refractivity contribution in [3.63, 3.8) is 0 Å². The number of carbonyl (C=O) groups excluding carboxylic acids is 1. The van der Waals surface area contributed by atoms with Crippen molar-refractivity contribution >= 4 is 6.09 Å². The summed E-state index contributed by atoms with van der Waals surface area (Å²) in [6.45, 7) is 8.64. The average molecular weight is 719 g/mol. The molecule has 0 saturated carbocycles. The fourth-order valence-electron chi connectivity index (χ4n) is 5.16. The van der Waals surface area contributed by atoms with Crippen LogP contribution < -0.4 is 4.74 Å². The summed E-state index contributed by atoms with van der Waals surface area (Å²) in [7, 11) is 1.35. The van der Waals surface area contributed by atoms with E-state index in [1.165, 1.54) is 40.9 Å². The van der Waals surface area contributed by atoms with Gasteiger partial charge in [0.05, 0.1) is 29.8 Å². The van der Waals surface area contributed by atoms with E-state index in [0.717, 1.165) is 22.6 Å². The summed E-state index contributed by atoms with van der Waals surface area (Å²) in [6.07, 6.45) is -16.5. The molecule has 0 fully saturated rings. The zero-order valence-electron chi connectivity index (χ0n) is 28.1. The van der Waals surface area contributed by atoms with Crippen molar-refractivity contribution in [2.75, 3.05) is 7.11 Å². The lowest BCUT2D eigenvalue weighted by molar-refractivity contribution is -0.143. The van der Waals surface area contributed by atoms with E-state index in [-0.39, 0.29) is 28.9 Å². The summed E-state index contributed by atoms with van der Waals surface area (Å²) in [4.78, 5) is 17.2. The second-order valence-electron chi connectivity index (χ2n) is 12.8. The highest BCUT2D eigenvalue weighted by atomic mass is 19.4. The third kappa shape index (κ3) is 9.77. The highest BCUT2D eigenvalue weighted by Crippen LogP contribution is 2.42. The SMILES string of the molecule is COc1ccc(C(C)C)cc1-c1ccc(C(F)(F)F)cc1CN(C(=O)OC(C)(C)C)C(C)C(N=[N+]=[N-])c1cc(C(F)(F)F)cc(C(F)(F)F)c1. The van der Waals surface area contributed by atoms with E-state index in [4.69, 9.17) is 9.47 Å². The molecule has 16 heteroatoms.